The molecule has 0 saturated heterocycles. The number of aliphatic hydroxyl groups excluding tert-OH is 2. The Morgan fingerprint density at radius 2 is 0.967 bits per heavy atom. The lowest BCUT2D eigenvalue weighted by molar-refractivity contribution is 0.258. The smallest absolute Gasteiger partial charge is 0.0433 e. The monoisotopic (exact) mass is 420 g/mol. The molecule has 0 aliphatic heterocycles. The van der Waals surface area contributed by atoms with Crippen LogP contribution in [0.2, 0.25) is 0 Å². The van der Waals surface area contributed by atoms with Gasteiger partial charge in [0.25, 0.3) is 0 Å². The minimum Gasteiger partial charge on any atom is -0.396 e. The molecule has 0 spiro atoms. The molecule has 0 radical (unpaired) electrons. The zero-order chi connectivity index (χ0) is 23.4. The molecule has 0 aliphatic carbocycles. The van der Waals surface area contributed by atoms with Crippen molar-refractivity contribution in [3.63, 3.8) is 0 Å². The molecule has 2 atom stereocenters. The van der Waals surface area contributed by atoms with Crippen LogP contribution >= 0.6 is 0 Å². The van der Waals surface area contributed by atoms with Gasteiger partial charge in [0.1, 0.15) is 0 Å². The maximum absolute atomic E-state index is 8.83. The summed E-state index contributed by atoms with van der Waals surface area (Å²) in [4.78, 5) is 0. The van der Waals surface area contributed by atoms with Gasteiger partial charge in [-0.25, -0.2) is 0 Å². The van der Waals surface area contributed by atoms with E-state index in [0.29, 0.717) is 25.0 Å². The topological polar surface area (TPSA) is 40.5 Å². The van der Waals surface area contributed by atoms with E-state index in [1.807, 2.05) is 12.2 Å². The summed E-state index contributed by atoms with van der Waals surface area (Å²) in [6.07, 6.45) is 15.0. The summed E-state index contributed by atoms with van der Waals surface area (Å²) < 4.78 is 0. The lowest BCUT2D eigenvalue weighted by atomic mass is 9.94. The maximum atomic E-state index is 8.83. The number of rotatable bonds is 16. The molecule has 2 nitrogen and oxygen atoms in total. The zero-order valence-corrected chi connectivity index (χ0v) is 21.1. The van der Waals surface area contributed by atoms with Crippen LogP contribution in [0.3, 0.4) is 0 Å². The zero-order valence-electron chi connectivity index (χ0n) is 21.1. The van der Waals surface area contributed by atoms with E-state index in [4.69, 9.17) is 10.2 Å². The predicted octanol–water partition coefficient (Wildman–Crippen LogP) is 8.18. The van der Waals surface area contributed by atoms with Gasteiger partial charge in [-0.1, -0.05) is 48.3 Å². The molecule has 0 saturated carbocycles. The van der Waals surface area contributed by atoms with Crippen molar-refractivity contribution < 1.29 is 10.2 Å². The highest BCUT2D eigenvalue weighted by Gasteiger charge is 2.06. The molecule has 2 N–H and O–H groups in total. The highest BCUT2D eigenvalue weighted by Crippen LogP contribution is 2.22. The van der Waals surface area contributed by atoms with Crippen LogP contribution in [0, 0.1) is 11.8 Å². The Hall–Kier alpha value is -1.12. The minimum atomic E-state index is 0.317. The molecule has 0 bridgehead atoms. The van der Waals surface area contributed by atoms with Crippen molar-refractivity contribution in [2.24, 2.45) is 11.8 Å². The van der Waals surface area contributed by atoms with Crippen LogP contribution in [-0.2, 0) is 0 Å². The first-order chi connectivity index (χ1) is 14.2. The van der Waals surface area contributed by atoms with Crippen LogP contribution in [0.5, 0.6) is 0 Å². The summed E-state index contributed by atoms with van der Waals surface area (Å²) in [7, 11) is 0. The van der Waals surface area contributed by atoms with E-state index in [2.05, 4.69) is 54.7 Å². The van der Waals surface area contributed by atoms with E-state index in [1.165, 1.54) is 36.8 Å². The van der Waals surface area contributed by atoms with E-state index in [1.54, 1.807) is 11.1 Å². The van der Waals surface area contributed by atoms with Crippen molar-refractivity contribution in [1.82, 2.24) is 0 Å². The Morgan fingerprint density at radius 1 is 0.633 bits per heavy atom. The van der Waals surface area contributed by atoms with E-state index >= 15 is 0 Å². The summed E-state index contributed by atoms with van der Waals surface area (Å²) >= 11 is 0. The second-order valence-corrected chi connectivity index (χ2v) is 9.17. The Bertz CT molecular complexity index is 445. The van der Waals surface area contributed by atoms with E-state index in [0.717, 1.165) is 38.5 Å². The third-order valence-electron chi connectivity index (χ3n) is 5.84. The molecule has 0 rings (SSSR count). The van der Waals surface area contributed by atoms with Crippen molar-refractivity contribution in [2.45, 2.75) is 106 Å². The molecule has 0 aliphatic rings. The molecule has 30 heavy (non-hydrogen) atoms. The Labute approximate surface area is 188 Å². The molecule has 0 aromatic carbocycles. The summed E-state index contributed by atoms with van der Waals surface area (Å²) in [5, 5.41) is 17.7. The van der Waals surface area contributed by atoms with Gasteiger partial charge in [0, 0.05) is 13.2 Å². The molecule has 0 heterocycles. The molecule has 0 unspecified atom stereocenters. The summed E-state index contributed by atoms with van der Waals surface area (Å²) in [5.74, 6) is 1.26. The fourth-order valence-corrected chi connectivity index (χ4v) is 3.37. The van der Waals surface area contributed by atoms with Gasteiger partial charge in [-0.05, 0) is 104 Å². The van der Waals surface area contributed by atoms with Crippen molar-refractivity contribution in [3.05, 3.63) is 47.6 Å². The Balaban J connectivity index is 0. The van der Waals surface area contributed by atoms with Gasteiger partial charge in [0.15, 0.2) is 0 Å². The second-order valence-electron chi connectivity index (χ2n) is 9.17. The first-order valence-corrected chi connectivity index (χ1v) is 12.0. The van der Waals surface area contributed by atoms with Crippen molar-refractivity contribution in [1.29, 1.82) is 0 Å². The minimum absolute atomic E-state index is 0.317. The number of allylic oxidation sites excluding steroid dienone is 6. The number of aliphatic hydroxyl groups is 2. The van der Waals surface area contributed by atoms with Crippen LogP contribution in [0.4, 0.5) is 0 Å². The van der Waals surface area contributed by atoms with Crippen molar-refractivity contribution in [2.75, 3.05) is 13.2 Å². The summed E-state index contributed by atoms with van der Waals surface area (Å²) in [5.41, 5.74) is 6.04. The predicted molar refractivity (Wildman–Crippen MR) is 136 cm³/mol. The highest BCUT2D eigenvalue weighted by molar-refractivity contribution is 5.11. The lowest BCUT2D eigenvalue weighted by Crippen LogP contribution is -1.99. The highest BCUT2D eigenvalue weighted by atomic mass is 16.3. The Morgan fingerprint density at radius 3 is 1.20 bits per heavy atom. The lowest BCUT2D eigenvalue weighted by Gasteiger charge is -2.13. The van der Waals surface area contributed by atoms with Crippen molar-refractivity contribution in [3.8, 4) is 0 Å². The van der Waals surface area contributed by atoms with E-state index in [-0.39, 0.29) is 0 Å². The van der Waals surface area contributed by atoms with Gasteiger partial charge in [0.2, 0.25) is 0 Å². The average Bonchev–Trinajstić information content (AvgIpc) is 2.68. The quantitative estimate of drug-likeness (QED) is 0.247. The van der Waals surface area contributed by atoms with Crippen molar-refractivity contribution >= 4 is 0 Å². The fourth-order valence-electron chi connectivity index (χ4n) is 3.37. The average molecular weight is 421 g/mol. The third kappa shape index (κ3) is 18.9. The first-order valence-electron chi connectivity index (χ1n) is 12.0. The second kappa shape index (κ2) is 21.1. The van der Waals surface area contributed by atoms with Gasteiger partial charge in [-0.15, -0.1) is 13.2 Å². The molecule has 176 valence electrons. The van der Waals surface area contributed by atoms with Crippen LogP contribution in [0.25, 0.3) is 0 Å². The van der Waals surface area contributed by atoms with Gasteiger partial charge in [0.05, 0.1) is 0 Å². The third-order valence-corrected chi connectivity index (χ3v) is 5.84. The standard InChI is InChI=1S/2C14H26O/c2*1-5-6-7-14(12(2)3)9-8-13(4)10-11-15/h2*5,13,15H,1,6-11H2,2-4H3/t2*13-/m10/s1. The van der Waals surface area contributed by atoms with Crippen LogP contribution in [0.15, 0.2) is 47.6 Å². The molecule has 0 aromatic heterocycles. The van der Waals surface area contributed by atoms with Crippen LogP contribution < -0.4 is 0 Å². The van der Waals surface area contributed by atoms with E-state index in [9.17, 15) is 0 Å². The van der Waals surface area contributed by atoms with Gasteiger partial charge in [-0.2, -0.15) is 0 Å². The van der Waals surface area contributed by atoms with Crippen LogP contribution in [0.1, 0.15) is 106 Å². The molecule has 0 fully saturated rings. The molecule has 2 heteroatoms. The fraction of sp³-hybridized carbons (Fsp3) is 0.714. The first kappa shape index (κ1) is 31.1. The summed E-state index contributed by atoms with van der Waals surface area (Å²) in [6.45, 7) is 21.3. The molecular weight excluding hydrogens is 368 g/mol. The Kier molecular flexibility index (Phi) is 21.9. The van der Waals surface area contributed by atoms with Gasteiger partial charge < -0.3 is 10.2 Å². The largest absolute Gasteiger partial charge is 0.396 e. The maximum Gasteiger partial charge on any atom is 0.0433 e. The molecule has 0 amide bonds. The summed E-state index contributed by atoms with van der Waals surface area (Å²) in [6, 6.07) is 0. The number of hydrogen-bond acceptors (Lipinski definition) is 2. The number of hydrogen-bond donors (Lipinski definition) is 2. The molecular formula is C28H52O2. The van der Waals surface area contributed by atoms with Gasteiger partial charge in [-0.3, -0.25) is 0 Å². The SMILES string of the molecule is C=CCCC(CC[C@@H](C)CCO)=C(C)C.C=CCCC(CC[C@H](C)CCO)=C(C)C. The van der Waals surface area contributed by atoms with E-state index < -0.39 is 0 Å². The molecule has 0 aromatic rings. The van der Waals surface area contributed by atoms with Crippen LogP contribution in [-0.4, -0.2) is 23.4 Å². The van der Waals surface area contributed by atoms with Gasteiger partial charge >= 0.3 is 0 Å². The normalized spacial score (nSPS) is 12.3.